The molecule has 0 fully saturated rings. The molecule has 1 aliphatic rings. The number of hydrogen-bond acceptors (Lipinski definition) is 3. The van der Waals surface area contributed by atoms with E-state index < -0.39 is 0 Å². The predicted molar refractivity (Wildman–Crippen MR) is 72.3 cm³/mol. The summed E-state index contributed by atoms with van der Waals surface area (Å²) in [5.41, 5.74) is 3.21. The van der Waals surface area contributed by atoms with Gasteiger partial charge in [0.15, 0.2) is 0 Å². The Morgan fingerprint density at radius 2 is 1.58 bits per heavy atom. The average Bonchev–Trinajstić information content (AvgIpc) is 2.83. The van der Waals surface area contributed by atoms with E-state index in [9.17, 15) is 9.90 Å². The van der Waals surface area contributed by atoms with Crippen LogP contribution in [-0.4, -0.2) is 17.7 Å². The fourth-order valence-electron chi connectivity index (χ4n) is 2.19. The highest BCUT2D eigenvalue weighted by Crippen LogP contribution is 2.33. The van der Waals surface area contributed by atoms with Gasteiger partial charge >= 0.3 is 5.97 Å². The monoisotopic (exact) mass is 252 g/mol. The van der Waals surface area contributed by atoms with Crippen LogP contribution in [0.1, 0.15) is 11.1 Å². The third kappa shape index (κ3) is 2.10. The maximum absolute atomic E-state index is 11.9. The summed E-state index contributed by atoms with van der Waals surface area (Å²) >= 11 is 0. The SMILES string of the molecule is O=C1OCC(c2ccccc2)=C1c1ccc(O)cc1. The highest BCUT2D eigenvalue weighted by Gasteiger charge is 2.26. The van der Waals surface area contributed by atoms with Crippen LogP contribution < -0.4 is 0 Å². The van der Waals surface area contributed by atoms with Crippen LogP contribution in [0.25, 0.3) is 11.1 Å². The van der Waals surface area contributed by atoms with Crippen LogP contribution >= 0.6 is 0 Å². The fourth-order valence-corrected chi connectivity index (χ4v) is 2.19. The minimum absolute atomic E-state index is 0.178. The van der Waals surface area contributed by atoms with Crippen LogP contribution in [0.15, 0.2) is 54.6 Å². The standard InChI is InChI=1S/C16H12O3/c17-13-8-6-12(7-9-13)15-14(10-19-16(15)18)11-4-2-1-3-5-11/h1-9,17H,10H2. The molecule has 2 aromatic carbocycles. The lowest BCUT2D eigenvalue weighted by atomic mass is 9.97. The highest BCUT2D eigenvalue weighted by molar-refractivity contribution is 6.27. The number of rotatable bonds is 2. The van der Waals surface area contributed by atoms with Gasteiger partial charge in [-0.05, 0) is 23.3 Å². The largest absolute Gasteiger partial charge is 0.508 e. The number of carbonyl (C=O) groups excluding carboxylic acids is 1. The van der Waals surface area contributed by atoms with Gasteiger partial charge in [0, 0.05) is 5.57 Å². The van der Waals surface area contributed by atoms with E-state index in [1.807, 2.05) is 30.3 Å². The first kappa shape index (κ1) is 11.5. The van der Waals surface area contributed by atoms with Gasteiger partial charge in [0.1, 0.15) is 12.4 Å². The first-order valence-corrected chi connectivity index (χ1v) is 6.01. The van der Waals surface area contributed by atoms with Crippen LogP contribution in [0.4, 0.5) is 0 Å². The summed E-state index contributed by atoms with van der Waals surface area (Å²) in [4.78, 5) is 11.9. The Morgan fingerprint density at radius 3 is 2.26 bits per heavy atom. The minimum atomic E-state index is -0.315. The molecule has 94 valence electrons. The molecule has 0 aliphatic carbocycles. The molecule has 0 unspecified atom stereocenters. The minimum Gasteiger partial charge on any atom is -0.508 e. The Balaban J connectivity index is 2.14. The van der Waals surface area contributed by atoms with Crippen molar-refractivity contribution in [3.63, 3.8) is 0 Å². The van der Waals surface area contributed by atoms with E-state index in [1.54, 1.807) is 24.3 Å². The Morgan fingerprint density at radius 1 is 0.895 bits per heavy atom. The summed E-state index contributed by atoms with van der Waals surface area (Å²) in [5.74, 6) is -0.137. The molecule has 1 aliphatic heterocycles. The van der Waals surface area contributed by atoms with Crippen molar-refractivity contribution in [3.8, 4) is 5.75 Å². The maximum Gasteiger partial charge on any atom is 0.339 e. The van der Waals surface area contributed by atoms with Gasteiger partial charge in [-0.25, -0.2) is 4.79 Å². The number of aromatic hydroxyl groups is 1. The lowest BCUT2D eigenvalue weighted by molar-refractivity contribution is -0.133. The highest BCUT2D eigenvalue weighted by atomic mass is 16.5. The lowest BCUT2D eigenvalue weighted by Gasteiger charge is -2.04. The molecule has 3 heteroatoms. The van der Waals surface area contributed by atoms with Crippen molar-refractivity contribution in [1.82, 2.24) is 0 Å². The quantitative estimate of drug-likeness (QED) is 0.836. The van der Waals surface area contributed by atoms with Crippen molar-refractivity contribution >= 4 is 17.1 Å². The normalized spacial score (nSPS) is 14.6. The van der Waals surface area contributed by atoms with Crippen LogP contribution in [0.2, 0.25) is 0 Å². The first-order valence-electron chi connectivity index (χ1n) is 6.01. The van der Waals surface area contributed by atoms with E-state index in [0.717, 1.165) is 16.7 Å². The molecule has 1 heterocycles. The number of hydrogen-bond donors (Lipinski definition) is 1. The number of ether oxygens (including phenoxy) is 1. The molecule has 0 amide bonds. The third-order valence-electron chi connectivity index (χ3n) is 3.13. The second kappa shape index (κ2) is 4.61. The van der Waals surface area contributed by atoms with Crippen LogP contribution in [0, 0.1) is 0 Å². The van der Waals surface area contributed by atoms with Crippen molar-refractivity contribution in [2.75, 3.05) is 6.61 Å². The molecule has 0 bridgehead atoms. The molecule has 0 atom stereocenters. The van der Waals surface area contributed by atoms with E-state index in [2.05, 4.69) is 0 Å². The van der Waals surface area contributed by atoms with E-state index in [-0.39, 0.29) is 11.7 Å². The molecule has 0 saturated carbocycles. The zero-order valence-corrected chi connectivity index (χ0v) is 10.2. The molecule has 0 saturated heterocycles. The van der Waals surface area contributed by atoms with Crippen molar-refractivity contribution in [2.24, 2.45) is 0 Å². The van der Waals surface area contributed by atoms with Crippen LogP contribution in [-0.2, 0) is 9.53 Å². The lowest BCUT2D eigenvalue weighted by Crippen LogP contribution is -1.98. The maximum atomic E-state index is 11.9. The summed E-state index contributed by atoms with van der Waals surface area (Å²) < 4.78 is 5.14. The topological polar surface area (TPSA) is 46.5 Å². The molecule has 2 aromatic rings. The van der Waals surface area contributed by atoms with Gasteiger partial charge < -0.3 is 9.84 Å². The number of phenolic OH excluding ortho intramolecular Hbond substituents is 1. The molecule has 0 aromatic heterocycles. The summed E-state index contributed by atoms with van der Waals surface area (Å²) in [6.45, 7) is 0.291. The van der Waals surface area contributed by atoms with Crippen molar-refractivity contribution in [1.29, 1.82) is 0 Å². The molecule has 0 radical (unpaired) electrons. The molecule has 3 rings (SSSR count). The van der Waals surface area contributed by atoms with Crippen molar-refractivity contribution in [2.45, 2.75) is 0 Å². The van der Waals surface area contributed by atoms with Gasteiger partial charge in [0.05, 0.1) is 5.57 Å². The fraction of sp³-hybridized carbons (Fsp3) is 0.0625. The zero-order chi connectivity index (χ0) is 13.2. The van der Waals surface area contributed by atoms with Crippen molar-refractivity contribution < 1.29 is 14.6 Å². The molecule has 19 heavy (non-hydrogen) atoms. The van der Waals surface area contributed by atoms with Crippen LogP contribution in [0.5, 0.6) is 5.75 Å². The third-order valence-corrected chi connectivity index (χ3v) is 3.13. The first-order chi connectivity index (χ1) is 9.25. The smallest absolute Gasteiger partial charge is 0.339 e. The summed E-state index contributed by atoms with van der Waals surface area (Å²) in [5, 5.41) is 9.32. The summed E-state index contributed by atoms with van der Waals surface area (Å²) in [6, 6.07) is 16.3. The van der Waals surface area contributed by atoms with Gasteiger partial charge in [-0.3, -0.25) is 0 Å². The molecule has 0 spiro atoms. The number of benzene rings is 2. The van der Waals surface area contributed by atoms with Gasteiger partial charge in [-0.1, -0.05) is 42.5 Å². The Labute approximate surface area is 110 Å². The molecular weight excluding hydrogens is 240 g/mol. The van der Waals surface area contributed by atoms with Crippen LogP contribution in [0.3, 0.4) is 0 Å². The molecule has 3 nitrogen and oxygen atoms in total. The van der Waals surface area contributed by atoms with Gasteiger partial charge in [0.25, 0.3) is 0 Å². The van der Waals surface area contributed by atoms with Gasteiger partial charge in [-0.15, -0.1) is 0 Å². The number of cyclic esters (lactones) is 1. The average molecular weight is 252 g/mol. The number of phenols is 1. The summed E-state index contributed by atoms with van der Waals surface area (Å²) in [6.07, 6.45) is 0. The second-order valence-electron chi connectivity index (χ2n) is 4.34. The molecular formula is C16H12O3. The Hall–Kier alpha value is -2.55. The second-order valence-corrected chi connectivity index (χ2v) is 4.34. The zero-order valence-electron chi connectivity index (χ0n) is 10.2. The van der Waals surface area contributed by atoms with E-state index in [4.69, 9.17) is 4.74 Å². The molecule has 1 N–H and O–H groups in total. The van der Waals surface area contributed by atoms with Crippen molar-refractivity contribution in [3.05, 3.63) is 65.7 Å². The van der Waals surface area contributed by atoms with E-state index in [1.165, 1.54) is 0 Å². The van der Waals surface area contributed by atoms with E-state index in [0.29, 0.717) is 12.2 Å². The Kier molecular flexibility index (Phi) is 2.80. The predicted octanol–water partition coefficient (Wildman–Crippen LogP) is 2.86. The van der Waals surface area contributed by atoms with E-state index >= 15 is 0 Å². The number of carbonyl (C=O) groups is 1. The van der Waals surface area contributed by atoms with Gasteiger partial charge in [0.2, 0.25) is 0 Å². The summed E-state index contributed by atoms with van der Waals surface area (Å²) in [7, 11) is 0. The Bertz CT molecular complexity index is 639. The number of esters is 1. The van der Waals surface area contributed by atoms with Gasteiger partial charge in [-0.2, -0.15) is 0 Å².